The molecule has 0 aliphatic heterocycles. The Hall–Kier alpha value is -2.23. The van der Waals surface area contributed by atoms with E-state index in [9.17, 15) is 4.79 Å². The summed E-state index contributed by atoms with van der Waals surface area (Å²) in [5.41, 5.74) is 4.88. The fourth-order valence-electron chi connectivity index (χ4n) is 3.22. The van der Waals surface area contributed by atoms with Gasteiger partial charge in [0.1, 0.15) is 5.75 Å². The number of carbonyl (C=O) groups excluding carboxylic acids is 1. The summed E-state index contributed by atoms with van der Waals surface area (Å²) in [4.78, 5) is 12.1. The molecule has 0 radical (unpaired) electrons. The van der Waals surface area contributed by atoms with Gasteiger partial charge in [0.15, 0.2) is 0 Å². The molecule has 0 aliphatic rings. The summed E-state index contributed by atoms with van der Waals surface area (Å²) in [6.45, 7) is 9.35. The third-order valence-corrected chi connectivity index (χ3v) is 4.35. The van der Waals surface area contributed by atoms with E-state index in [0.717, 1.165) is 17.7 Å². The summed E-state index contributed by atoms with van der Waals surface area (Å²) in [6.07, 6.45) is 1.26. The van der Waals surface area contributed by atoms with Gasteiger partial charge in [-0.15, -0.1) is 0 Å². The van der Waals surface area contributed by atoms with Crippen molar-refractivity contribution < 1.29 is 9.53 Å². The monoisotopic (exact) mass is 328 g/mol. The first kappa shape index (κ1) is 18.1. The molecule has 1 aromatic heterocycles. The minimum Gasteiger partial charge on any atom is -0.497 e. The van der Waals surface area contributed by atoms with Crippen molar-refractivity contribution in [2.75, 3.05) is 13.7 Å². The maximum Gasteiger partial charge on any atom is 0.224 e. The van der Waals surface area contributed by atoms with Crippen LogP contribution in [0.25, 0.3) is 0 Å². The highest BCUT2D eigenvalue weighted by Gasteiger charge is 2.11. The van der Waals surface area contributed by atoms with Crippen molar-refractivity contribution in [3.8, 4) is 5.75 Å². The topological polar surface area (TPSA) is 43.3 Å². The smallest absolute Gasteiger partial charge is 0.224 e. The zero-order valence-corrected chi connectivity index (χ0v) is 15.3. The normalized spacial score (nSPS) is 10.9. The van der Waals surface area contributed by atoms with Gasteiger partial charge in [-0.25, -0.2) is 0 Å². The molecule has 0 fully saturated rings. The maximum atomic E-state index is 12.1. The second-order valence-corrected chi connectivity index (χ2v) is 6.48. The van der Waals surface area contributed by atoms with Crippen LogP contribution >= 0.6 is 0 Å². The molecule has 0 saturated carbocycles. The van der Waals surface area contributed by atoms with Gasteiger partial charge in [-0.1, -0.05) is 12.1 Å². The summed E-state index contributed by atoms with van der Waals surface area (Å²) < 4.78 is 7.47. The fraction of sp³-hybridized carbons (Fsp3) is 0.450. The molecule has 1 N–H and O–H groups in total. The highest BCUT2D eigenvalue weighted by Crippen LogP contribution is 2.20. The second kappa shape index (κ2) is 8.04. The first-order valence-corrected chi connectivity index (χ1v) is 8.49. The molecule has 1 heterocycles. The minimum absolute atomic E-state index is 0.0536. The Morgan fingerprint density at radius 2 is 1.88 bits per heavy atom. The molecule has 24 heavy (non-hydrogen) atoms. The van der Waals surface area contributed by atoms with E-state index in [1.807, 2.05) is 24.3 Å². The number of nitrogens with zero attached hydrogens (tertiary/aromatic N) is 1. The first-order chi connectivity index (χ1) is 11.4. The van der Waals surface area contributed by atoms with Crippen LogP contribution in [-0.2, 0) is 17.6 Å². The highest BCUT2D eigenvalue weighted by molar-refractivity contribution is 5.78. The third kappa shape index (κ3) is 4.40. The van der Waals surface area contributed by atoms with Gasteiger partial charge >= 0.3 is 0 Å². The molecule has 4 nitrogen and oxygen atoms in total. The van der Waals surface area contributed by atoms with Gasteiger partial charge in [-0.2, -0.15) is 0 Å². The lowest BCUT2D eigenvalue weighted by atomic mass is 10.1. The molecule has 4 heteroatoms. The van der Waals surface area contributed by atoms with Crippen molar-refractivity contribution in [1.82, 2.24) is 9.88 Å². The Labute approximate surface area is 144 Å². The van der Waals surface area contributed by atoms with E-state index in [-0.39, 0.29) is 5.91 Å². The molecule has 0 aliphatic carbocycles. The lowest BCUT2D eigenvalue weighted by Gasteiger charge is -2.14. The summed E-state index contributed by atoms with van der Waals surface area (Å²) in [5, 5.41) is 3.01. The summed E-state index contributed by atoms with van der Waals surface area (Å²) in [6, 6.07) is 10.3. The number of methoxy groups -OCH3 is 1. The van der Waals surface area contributed by atoms with Gasteiger partial charge in [0, 0.05) is 24.0 Å². The van der Waals surface area contributed by atoms with E-state index in [1.165, 1.54) is 17.0 Å². The minimum atomic E-state index is 0.0536. The van der Waals surface area contributed by atoms with Gasteiger partial charge in [-0.05, 0) is 63.4 Å². The zero-order chi connectivity index (χ0) is 17.7. The lowest BCUT2D eigenvalue weighted by Crippen LogP contribution is -2.27. The standard InChI is InChI=1S/C20H28N2O2/c1-14(2)22-15(3)12-18(16(22)4)10-11-21-20(23)13-17-6-8-19(24-5)9-7-17/h6-9,12,14H,10-11,13H2,1-5H3,(H,21,23). The molecule has 1 aromatic carbocycles. The van der Waals surface area contributed by atoms with Crippen LogP contribution in [0.2, 0.25) is 0 Å². The number of hydrogen-bond acceptors (Lipinski definition) is 2. The summed E-state index contributed by atoms with van der Waals surface area (Å²) >= 11 is 0. The zero-order valence-electron chi connectivity index (χ0n) is 15.3. The van der Waals surface area contributed by atoms with E-state index in [0.29, 0.717) is 19.0 Å². The first-order valence-electron chi connectivity index (χ1n) is 8.49. The van der Waals surface area contributed by atoms with Crippen LogP contribution in [0, 0.1) is 13.8 Å². The van der Waals surface area contributed by atoms with Gasteiger partial charge in [0.2, 0.25) is 5.91 Å². The summed E-state index contributed by atoms with van der Waals surface area (Å²) in [7, 11) is 1.64. The largest absolute Gasteiger partial charge is 0.497 e. The van der Waals surface area contributed by atoms with E-state index in [4.69, 9.17) is 4.74 Å². The van der Waals surface area contributed by atoms with Crippen molar-refractivity contribution >= 4 is 5.91 Å². The average molecular weight is 328 g/mol. The number of rotatable bonds is 7. The molecular weight excluding hydrogens is 300 g/mol. The van der Waals surface area contributed by atoms with Crippen LogP contribution in [-0.4, -0.2) is 24.1 Å². The molecule has 1 amide bonds. The van der Waals surface area contributed by atoms with Crippen molar-refractivity contribution in [3.05, 3.63) is 52.8 Å². The number of aryl methyl sites for hydroxylation is 1. The van der Waals surface area contributed by atoms with Gasteiger partial charge in [0.25, 0.3) is 0 Å². The van der Waals surface area contributed by atoms with Crippen LogP contribution in [0.4, 0.5) is 0 Å². The van der Waals surface area contributed by atoms with Gasteiger partial charge in [0.05, 0.1) is 13.5 Å². The highest BCUT2D eigenvalue weighted by atomic mass is 16.5. The van der Waals surface area contributed by atoms with Crippen LogP contribution in [0.5, 0.6) is 5.75 Å². The van der Waals surface area contributed by atoms with E-state index >= 15 is 0 Å². The van der Waals surface area contributed by atoms with Crippen LogP contribution < -0.4 is 10.1 Å². The van der Waals surface area contributed by atoms with Crippen molar-refractivity contribution in [2.45, 2.75) is 46.6 Å². The average Bonchev–Trinajstić information content (AvgIpc) is 2.82. The van der Waals surface area contributed by atoms with E-state index in [2.05, 4.69) is 43.6 Å². The molecule has 0 bridgehead atoms. The van der Waals surface area contributed by atoms with E-state index in [1.54, 1.807) is 7.11 Å². The molecular formula is C20H28N2O2. The molecule has 2 aromatic rings. The predicted molar refractivity (Wildman–Crippen MR) is 97.7 cm³/mol. The SMILES string of the molecule is COc1ccc(CC(=O)NCCc2cc(C)n(C(C)C)c2C)cc1. The molecule has 2 rings (SSSR count). The molecule has 0 spiro atoms. The Morgan fingerprint density at radius 3 is 2.42 bits per heavy atom. The Balaban J connectivity index is 1.85. The van der Waals surface area contributed by atoms with Crippen LogP contribution in [0.3, 0.4) is 0 Å². The van der Waals surface area contributed by atoms with E-state index < -0.39 is 0 Å². The molecule has 0 saturated heterocycles. The Kier molecular flexibility index (Phi) is 6.07. The predicted octanol–water partition coefficient (Wildman–Crippen LogP) is 3.60. The molecule has 0 atom stereocenters. The Morgan fingerprint density at radius 1 is 1.21 bits per heavy atom. The molecule has 0 unspecified atom stereocenters. The van der Waals surface area contributed by atoms with Gasteiger partial charge in [-0.3, -0.25) is 4.79 Å². The van der Waals surface area contributed by atoms with Crippen molar-refractivity contribution in [3.63, 3.8) is 0 Å². The number of nitrogens with one attached hydrogen (secondary N) is 1. The fourth-order valence-corrected chi connectivity index (χ4v) is 3.22. The molecule has 130 valence electrons. The lowest BCUT2D eigenvalue weighted by molar-refractivity contribution is -0.120. The number of benzene rings is 1. The number of ether oxygens (including phenoxy) is 1. The van der Waals surface area contributed by atoms with Crippen molar-refractivity contribution in [2.24, 2.45) is 0 Å². The Bertz CT molecular complexity index is 684. The van der Waals surface area contributed by atoms with Crippen LogP contribution in [0.15, 0.2) is 30.3 Å². The number of amides is 1. The second-order valence-electron chi connectivity index (χ2n) is 6.48. The number of hydrogen-bond donors (Lipinski definition) is 1. The summed E-state index contributed by atoms with van der Waals surface area (Å²) in [5.74, 6) is 0.859. The number of carbonyl (C=O) groups is 1. The maximum absolute atomic E-state index is 12.1. The van der Waals surface area contributed by atoms with Crippen molar-refractivity contribution in [1.29, 1.82) is 0 Å². The van der Waals surface area contributed by atoms with Gasteiger partial charge < -0.3 is 14.6 Å². The third-order valence-electron chi connectivity index (χ3n) is 4.35. The quantitative estimate of drug-likeness (QED) is 0.844. The van der Waals surface area contributed by atoms with Crippen LogP contribution in [0.1, 0.15) is 42.4 Å². The number of aromatic nitrogens is 1.